The zero-order chi connectivity index (χ0) is 25.7. The van der Waals surface area contributed by atoms with Gasteiger partial charge < -0.3 is 21.4 Å². The predicted molar refractivity (Wildman–Crippen MR) is 125 cm³/mol. The van der Waals surface area contributed by atoms with Crippen LogP contribution >= 0.6 is 11.3 Å². The van der Waals surface area contributed by atoms with Gasteiger partial charge in [0.25, 0.3) is 12.3 Å². The van der Waals surface area contributed by atoms with Crippen LogP contribution in [0.25, 0.3) is 10.6 Å². The number of anilines is 1. The number of amides is 1. The highest BCUT2D eigenvalue weighted by atomic mass is 32.1. The minimum absolute atomic E-state index is 0.0101. The van der Waals surface area contributed by atoms with Gasteiger partial charge in [0, 0.05) is 19.3 Å². The lowest BCUT2D eigenvalue weighted by atomic mass is 10.0. The Hall–Kier alpha value is -3.09. The van der Waals surface area contributed by atoms with Crippen LogP contribution in [0.4, 0.5) is 27.0 Å². The number of carbonyl (C=O) groups excluding carboxylic acids is 1. The van der Waals surface area contributed by atoms with Crippen molar-refractivity contribution in [3.05, 3.63) is 35.5 Å². The van der Waals surface area contributed by atoms with E-state index < -0.39 is 48.3 Å². The summed E-state index contributed by atoms with van der Waals surface area (Å²) in [4.78, 5) is 22.4. The monoisotopic (exact) mass is 516 g/mol. The van der Waals surface area contributed by atoms with Gasteiger partial charge in [-0.3, -0.25) is 9.79 Å². The molecular weight excluding hydrogens is 491 g/mol. The normalized spacial score (nSPS) is 20.0. The summed E-state index contributed by atoms with van der Waals surface area (Å²) in [7, 11) is 0. The first kappa shape index (κ1) is 26.5. The number of amidine groups is 1. The Morgan fingerprint density at radius 2 is 2.00 bits per heavy atom. The van der Waals surface area contributed by atoms with E-state index in [1.807, 2.05) is 0 Å². The fraction of sp³-hybridized carbons (Fsp3) is 0.455. The Morgan fingerprint density at radius 1 is 1.34 bits per heavy atom. The summed E-state index contributed by atoms with van der Waals surface area (Å²) in [6.07, 6.45) is -2.45. The lowest BCUT2D eigenvalue weighted by molar-refractivity contribution is 0.0949. The van der Waals surface area contributed by atoms with E-state index in [0.717, 1.165) is 18.3 Å². The third-order valence-corrected chi connectivity index (χ3v) is 6.54. The SMILES string of the molecule is CC1CCN(C(=NCC(F)F)C(C=N)NC(=O)c2nc(-c3c(F)cccc3F)sc2N)CCC1F. The largest absolute Gasteiger partial charge is 0.389 e. The standard InChI is InChI=1S/C22H25F5N6OS/c1-11-5-7-33(8-6-12(11)23)20(30-10-16(26)27)15(9-28)31-21(34)18-19(29)35-22(32-18)17-13(24)3-2-4-14(17)25/h2-4,9,11-12,15-16,28H,5-8,10,29H2,1H3,(H,31,34). The summed E-state index contributed by atoms with van der Waals surface area (Å²) in [5, 5.41) is 9.96. The molecule has 35 heavy (non-hydrogen) atoms. The van der Waals surface area contributed by atoms with Crippen molar-refractivity contribution in [1.29, 1.82) is 5.41 Å². The summed E-state index contributed by atoms with van der Waals surface area (Å²) < 4.78 is 68.3. The first-order valence-corrected chi connectivity index (χ1v) is 11.7. The number of nitrogens with one attached hydrogen (secondary N) is 2. The van der Waals surface area contributed by atoms with Gasteiger partial charge in [-0.2, -0.15) is 0 Å². The number of hydrogen-bond donors (Lipinski definition) is 3. The van der Waals surface area contributed by atoms with Gasteiger partial charge in [0.05, 0.1) is 5.56 Å². The van der Waals surface area contributed by atoms with Crippen molar-refractivity contribution >= 4 is 34.3 Å². The Morgan fingerprint density at radius 3 is 2.63 bits per heavy atom. The van der Waals surface area contributed by atoms with Crippen molar-refractivity contribution in [2.45, 2.75) is 38.4 Å². The van der Waals surface area contributed by atoms with Crippen LogP contribution in [0.15, 0.2) is 23.2 Å². The molecule has 2 heterocycles. The van der Waals surface area contributed by atoms with Gasteiger partial charge in [0.2, 0.25) is 0 Å². The molecule has 7 nitrogen and oxygen atoms in total. The van der Waals surface area contributed by atoms with E-state index in [9.17, 15) is 26.7 Å². The summed E-state index contributed by atoms with van der Waals surface area (Å²) in [5.74, 6) is -2.90. The maximum Gasteiger partial charge on any atom is 0.273 e. The molecule has 0 saturated carbocycles. The zero-order valence-corrected chi connectivity index (χ0v) is 19.6. The van der Waals surface area contributed by atoms with Crippen LogP contribution in [0.1, 0.15) is 30.3 Å². The highest BCUT2D eigenvalue weighted by Crippen LogP contribution is 2.33. The van der Waals surface area contributed by atoms with Crippen LogP contribution in [-0.2, 0) is 0 Å². The van der Waals surface area contributed by atoms with Gasteiger partial charge in [-0.05, 0) is 30.9 Å². The molecule has 1 aliphatic rings. The molecule has 13 heteroatoms. The highest BCUT2D eigenvalue weighted by Gasteiger charge is 2.30. The Labute approximate surface area is 202 Å². The average molecular weight is 517 g/mol. The molecule has 1 aliphatic heterocycles. The van der Waals surface area contributed by atoms with E-state index in [4.69, 9.17) is 11.1 Å². The van der Waals surface area contributed by atoms with E-state index in [-0.39, 0.29) is 40.4 Å². The first-order chi connectivity index (χ1) is 16.6. The van der Waals surface area contributed by atoms with Gasteiger partial charge >= 0.3 is 0 Å². The molecule has 1 fully saturated rings. The van der Waals surface area contributed by atoms with Crippen molar-refractivity contribution in [2.24, 2.45) is 10.9 Å². The molecule has 1 aromatic heterocycles. The van der Waals surface area contributed by atoms with E-state index in [1.165, 1.54) is 6.07 Å². The molecule has 0 bridgehead atoms. The molecule has 190 valence electrons. The smallest absolute Gasteiger partial charge is 0.273 e. The van der Waals surface area contributed by atoms with Crippen molar-refractivity contribution in [1.82, 2.24) is 15.2 Å². The molecule has 3 rings (SSSR count). The molecule has 4 N–H and O–H groups in total. The van der Waals surface area contributed by atoms with Crippen molar-refractivity contribution in [3.8, 4) is 10.6 Å². The minimum Gasteiger partial charge on any atom is -0.389 e. The molecule has 0 spiro atoms. The number of benzene rings is 1. The van der Waals surface area contributed by atoms with Gasteiger partial charge in [-0.1, -0.05) is 24.3 Å². The number of nitrogens with zero attached hydrogens (tertiary/aromatic N) is 3. The fourth-order valence-electron chi connectivity index (χ4n) is 3.70. The second kappa shape index (κ2) is 11.6. The third kappa shape index (κ3) is 6.32. The van der Waals surface area contributed by atoms with E-state index in [2.05, 4.69) is 15.3 Å². The lowest BCUT2D eigenvalue weighted by Crippen LogP contribution is -2.50. The number of hydrogen-bond acceptors (Lipinski definition) is 6. The lowest BCUT2D eigenvalue weighted by Gasteiger charge is -2.29. The maximum atomic E-state index is 14.2. The molecule has 3 atom stereocenters. The Balaban J connectivity index is 1.87. The zero-order valence-electron chi connectivity index (χ0n) is 18.8. The summed E-state index contributed by atoms with van der Waals surface area (Å²) in [6, 6.07) is 2.03. The van der Waals surface area contributed by atoms with E-state index in [0.29, 0.717) is 24.3 Å². The number of nitrogens with two attached hydrogens (primary N) is 1. The number of halogens is 5. The van der Waals surface area contributed by atoms with Crippen LogP contribution < -0.4 is 11.1 Å². The summed E-state index contributed by atoms with van der Waals surface area (Å²) in [5.41, 5.74) is 5.11. The number of likely N-dealkylation sites (tertiary alicyclic amines) is 1. The molecular formula is C22H25F5N6OS. The Kier molecular flexibility index (Phi) is 8.76. The van der Waals surface area contributed by atoms with Gasteiger partial charge in [-0.25, -0.2) is 26.9 Å². The topological polar surface area (TPSA) is 107 Å². The van der Waals surface area contributed by atoms with E-state index >= 15 is 0 Å². The molecule has 1 amide bonds. The molecule has 1 aromatic carbocycles. The highest BCUT2D eigenvalue weighted by molar-refractivity contribution is 7.19. The van der Waals surface area contributed by atoms with Crippen LogP contribution in [0.2, 0.25) is 0 Å². The predicted octanol–water partition coefficient (Wildman–Crippen LogP) is 4.15. The number of thiazole rings is 1. The molecule has 3 unspecified atom stereocenters. The number of alkyl halides is 3. The maximum absolute atomic E-state index is 14.2. The number of aromatic nitrogens is 1. The van der Waals surface area contributed by atoms with Gasteiger partial charge in [0.1, 0.15) is 46.2 Å². The second-order valence-corrected chi connectivity index (χ2v) is 9.12. The molecule has 2 aromatic rings. The first-order valence-electron chi connectivity index (χ1n) is 10.9. The van der Waals surface area contributed by atoms with E-state index in [1.54, 1.807) is 11.8 Å². The summed E-state index contributed by atoms with van der Waals surface area (Å²) in [6.45, 7) is 1.36. The summed E-state index contributed by atoms with van der Waals surface area (Å²) >= 11 is 0.700. The Bertz CT molecular complexity index is 1060. The van der Waals surface area contributed by atoms with Crippen molar-refractivity contribution in [3.63, 3.8) is 0 Å². The van der Waals surface area contributed by atoms with Gasteiger partial charge in [0.15, 0.2) is 5.69 Å². The van der Waals surface area contributed by atoms with Crippen LogP contribution in [-0.4, -0.2) is 66.1 Å². The van der Waals surface area contributed by atoms with Gasteiger partial charge in [-0.15, -0.1) is 0 Å². The number of carbonyl (C=O) groups is 1. The molecule has 1 saturated heterocycles. The van der Waals surface area contributed by atoms with Crippen LogP contribution in [0.3, 0.4) is 0 Å². The fourth-order valence-corrected chi connectivity index (χ4v) is 4.57. The molecule has 0 aliphatic carbocycles. The quantitative estimate of drug-likeness (QED) is 0.292. The molecule has 0 radical (unpaired) electrons. The number of nitrogen functional groups attached to an aromatic ring is 1. The average Bonchev–Trinajstić information content (AvgIpc) is 3.10. The number of rotatable bonds is 7. The third-order valence-electron chi connectivity index (χ3n) is 5.64. The van der Waals surface area contributed by atoms with Crippen molar-refractivity contribution in [2.75, 3.05) is 25.4 Å². The van der Waals surface area contributed by atoms with Crippen molar-refractivity contribution < 1.29 is 26.7 Å². The van der Waals surface area contributed by atoms with Crippen LogP contribution in [0, 0.1) is 23.0 Å². The second-order valence-electron chi connectivity index (χ2n) is 8.09. The van der Waals surface area contributed by atoms with Crippen LogP contribution in [0.5, 0.6) is 0 Å². The minimum atomic E-state index is -2.76. The number of aliphatic imine (C=N–C) groups is 1.